The van der Waals surface area contributed by atoms with Gasteiger partial charge in [0.15, 0.2) is 0 Å². The van der Waals surface area contributed by atoms with Gasteiger partial charge in [-0.2, -0.15) is 0 Å². The number of hydrogen-bond acceptors (Lipinski definition) is 3. The van der Waals surface area contributed by atoms with Crippen molar-refractivity contribution < 1.29 is 0 Å². The van der Waals surface area contributed by atoms with Crippen LogP contribution in [0.3, 0.4) is 0 Å². The lowest BCUT2D eigenvalue weighted by Crippen LogP contribution is -2.15. The van der Waals surface area contributed by atoms with Gasteiger partial charge in [-0.1, -0.05) is 30.8 Å². The fourth-order valence-electron chi connectivity index (χ4n) is 4.05. The average molecular weight is 339 g/mol. The molecule has 0 amide bonds. The molecule has 2 aromatic carbocycles. The highest BCUT2D eigenvalue weighted by Gasteiger charge is 2.25. The zero-order chi connectivity index (χ0) is 17.7. The molecule has 26 heavy (non-hydrogen) atoms. The predicted octanol–water partition coefficient (Wildman–Crippen LogP) is 4.73. The Morgan fingerprint density at radius 3 is 2.73 bits per heavy atom. The minimum atomic E-state index is 0.879. The van der Waals surface area contributed by atoms with Gasteiger partial charge in [0.05, 0.1) is 0 Å². The van der Waals surface area contributed by atoms with Gasteiger partial charge in [0, 0.05) is 60.7 Å². The lowest BCUT2D eigenvalue weighted by molar-refractivity contribution is 0.956. The van der Waals surface area contributed by atoms with E-state index < -0.39 is 0 Å². The molecule has 0 spiro atoms. The first kappa shape index (κ1) is 15.2. The molecular weight excluding hydrogens is 318 g/mol. The van der Waals surface area contributed by atoms with E-state index in [1.165, 1.54) is 33.6 Å². The van der Waals surface area contributed by atoms with Gasteiger partial charge in [-0.15, -0.1) is 0 Å². The van der Waals surface area contributed by atoms with Crippen LogP contribution in [0.25, 0.3) is 16.8 Å². The summed E-state index contributed by atoms with van der Waals surface area (Å²) in [5.74, 6) is 0. The van der Waals surface area contributed by atoms with Crippen molar-refractivity contribution in [2.75, 3.05) is 23.4 Å². The number of anilines is 2. The normalized spacial score (nSPS) is 15.3. The number of aromatic nitrogens is 1. The SMILES string of the molecule is C=C1c2cc(-c3cccnc3)ccc2CN1c1ccc2c(c1)N(C)CC2. The minimum Gasteiger partial charge on any atom is -0.374 e. The summed E-state index contributed by atoms with van der Waals surface area (Å²) in [5, 5.41) is 0. The lowest BCUT2D eigenvalue weighted by Gasteiger charge is -2.22. The topological polar surface area (TPSA) is 19.4 Å². The second kappa shape index (κ2) is 5.73. The van der Waals surface area contributed by atoms with E-state index in [0.717, 1.165) is 30.8 Å². The fourth-order valence-corrected chi connectivity index (χ4v) is 4.05. The molecule has 2 aliphatic rings. The van der Waals surface area contributed by atoms with Crippen LogP contribution in [0.1, 0.15) is 16.7 Å². The van der Waals surface area contributed by atoms with Gasteiger partial charge in [0.2, 0.25) is 0 Å². The van der Waals surface area contributed by atoms with Crippen LogP contribution in [0.15, 0.2) is 67.5 Å². The second-order valence-corrected chi connectivity index (χ2v) is 7.13. The van der Waals surface area contributed by atoms with Crippen LogP contribution in [0, 0.1) is 0 Å². The molecule has 0 radical (unpaired) electrons. The van der Waals surface area contributed by atoms with Crippen molar-refractivity contribution in [2.45, 2.75) is 13.0 Å². The molecule has 3 heterocycles. The molecule has 0 aliphatic carbocycles. The Kier molecular flexibility index (Phi) is 3.35. The first-order chi connectivity index (χ1) is 12.7. The van der Waals surface area contributed by atoms with E-state index in [0.29, 0.717) is 0 Å². The molecule has 0 fully saturated rings. The van der Waals surface area contributed by atoms with Crippen molar-refractivity contribution >= 4 is 17.1 Å². The Balaban J connectivity index is 1.50. The van der Waals surface area contributed by atoms with Crippen LogP contribution in [0.2, 0.25) is 0 Å². The van der Waals surface area contributed by atoms with Crippen molar-refractivity contribution in [1.29, 1.82) is 0 Å². The monoisotopic (exact) mass is 339 g/mol. The van der Waals surface area contributed by atoms with Crippen LogP contribution < -0.4 is 9.80 Å². The minimum absolute atomic E-state index is 0.879. The Bertz CT molecular complexity index is 1010. The maximum Gasteiger partial charge on any atom is 0.0488 e. The van der Waals surface area contributed by atoms with Gasteiger partial charge >= 0.3 is 0 Å². The van der Waals surface area contributed by atoms with E-state index in [9.17, 15) is 0 Å². The van der Waals surface area contributed by atoms with Gasteiger partial charge in [-0.05, 0) is 47.4 Å². The summed E-state index contributed by atoms with van der Waals surface area (Å²) in [5.41, 5.74) is 9.98. The van der Waals surface area contributed by atoms with Gasteiger partial charge < -0.3 is 9.80 Å². The lowest BCUT2D eigenvalue weighted by atomic mass is 10.0. The van der Waals surface area contributed by atoms with Crippen molar-refractivity contribution in [2.24, 2.45) is 0 Å². The summed E-state index contributed by atoms with van der Waals surface area (Å²) in [6, 6.07) is 17.5. The Labute approximate surface area is 154 Å². The molecule has 0 saturated heterocycles. The van der Waals surface area contributed by atoms with E-state index >= 15 is 0 Å². The van der Waals surface area contributed by atoms with E-state index in [2.05, 4.69) is 70.9 Å². The van der Waals surface area contributed by atoms with Crippen LogP contribution in [-0.2, 0) is 13.0 Å². The number of nitrogens with zero attached hydrogens (tertiary/aromatic N) is 3. The zero-order valence-electron chi connectivity index (χ0n) is 14.9. The Morgan fingerprint density at radius 2 is 1.88 bits per heavy atom. The maximum absolute atomic E-state index is 4.40. The quantitative estimate of drug-likeness (QED) is 0.673. The number of pyridine rings is 1. The standard InChI is InChI=1S/C23H21N3/c1-16-22-12-18(19-4-3-10-24-14-19)5-6-20(22)15-26(16)21-8-7-17-9-11-25(2)23(17)13-21/h3-8,10,12-14H,1,9,11,15H2,2H3. The van der Waals surface area contributed by atoms with Crippen molar-refractivity contribution in [3.05, 3.63) is 84.2 Å². The Morgan fingerprint density at radius 1 is 1.00 bits per heavy atom. The van der Waals surface area contributed by atoms with E-state index in [1.807, 2.05) is 18.5 Å². The fraction of sp³-hybridized carbons (Fsp3) is 0.174. The number of likely N-dealkylation sites (N-methyl/N-ethyl adjacent to an activating group) is 1. The molecule has 0 saturated carbocycles. The molecule has 5 rings (SSSR count). The molecule has 2 aliphatic heterocycles. The van der Waals surface area contributed by atoms with Crippen LogP contribution in [0.4, 0.5) is 11.4 Å². The molecule has 0 atom stereocenters. The summed E-state index contributed by atoms with van der Waals surface area (Å²) < 4.78 is 0. The number of benzene rings is 2. The molecule has 1 aromatic heterocycles. The van der Waals surface area contributed by atoms with Crippen LogP contribution in [-0.4, -0.2) is 18.6 Å². The number of rotatable bonds is 2. The largest absolute Gasteiger partial charge is 0.374 e. The summed E-state index contributed by atoms with van der Waals surface area (Å²) in [4.78, 5) is 8.90. The highest BCUT2D eigenvalue weighted by molar-refractivity contribution is 5.87. The average Bonchev–Trinajstić information content (AvgIpc) is 3.22. The first-order valence-electron chi connectivity index (χ1n) is 9.05. The van der Waals surface area contributed by atoms with Crippen LogP contribution >= 0.6 is 0 Å². The van der Waals surface area contributed by atoms with Crippen LogP contribution in [0.5, 0.6) is 0 Å². The van der Waals surface area contributed by atoms with Gasteiger partial charge in [-0.3, -0.25) is 4.98 Å². The summed E-state index contributed by atoms with van der Waals surface area (Å²) in [7, 11) is 2.17. The van der Waals surface area contributed by atoms with Crippen molar-refractivity contribution in [3.8, 4) is 11.1 Å². The summed E-state index contributed by atoms with van der Waals surface area (Å²) >= 11 is 0. The molecule has 0 unspecified atom stereocenters. The number of fused-ring (bicyclic) bond motifs is 2. The first-order valence-corrected chi connectivity index (χ1v) is 9.05. The molecule has 128 valence electrons. The third-order valence-electron chi connectivity index (χ3n) is 5.58. The highest BCUT2D eigenvalue weighted by Crippen LogP contribution is 2.40. The van der Waals surface area contributed by atoms with Gasteiger partial charge in [0.25, 0.3) is 0 Å². The van der Waals surface area contributed by atoms with E-state index in [4.69, 9.17) is 0 Å². The maximum atomic E-state index is 4.40. The molecule has 3 heteroatoms. The molecule has 3 aromatic rings. The number of hydrogen-bond donors (Lipinski definition) is 0. The molecule has 0 N–H and O–H groups in total. The zero-order valence-corrected chi connectivity index (χ0v) is 14.9. The third-order valence-corrected chi connectivity index (χ3v) is 5.58. The van der Waals surface area contributed by atoms with Gasteiger partial charge in [-0.25, -0.2) is 0 Å². The molecule has 0 bridgehead atoms. The third kappa shape index (κ3) is 2.31. The molecular formula is C23H21N3. The summed E-state index contributed by atoms with van der Waals surface area (Å²) in [6.45, 7) is 6.38. The predicted molar refractivity (Wildman–Crippen MR) is 108 cm³/mol. The smallest absolute Gasteiger partial charge is 0.0488 e. The molecule has 3 nitrogen and oxygen atoms in total. The van der Waals surface area contributed by atoms with Crippen molar-refractivity contribution in [3.63, 3.8) is 0 Å². The van der Waals surface area contributed by atoms with Crippen molar-refractivity contribution in [1.82, 2.24) is 4.98 Å². The Hall–Kier alpha value is -3.07. The summed E-state index contributed by atoms with van der Waals surface area (Å²) in [6.07, 6.45) is 4.86. The van der Waals surface area contributed by atoms with E-state index in [-0.39, 0.29) is 0 Å². The highest BCUT2D eigenvalue weighted by atomic mass is 15.2. The van der Waals surface area contributed by atoms with Gasteiger partial charge in [0.1, 0.15) is 0 Å². The van der Waals surface area contributed by atoms with E-state index in [1.54, 1.807) is 0 Å². The second-order valence-electron chi connectivity index (χ2n) is 7.13.